The molecule has 2 aromatic heterocycles. The molecule has 4 aromatic rings. The normalized spacial score (nSPS) is 16.8. The number of pyridine rings is 1. The lowest BCUT2D eigenvalue weighted by Crippen LogP contribution is -2.29. The summed E-state index contributed by atoms with van der Waals surface area (Å²) >= 11 is 5.94. The molecule has 5 rings (SSSR count). The first-order chi connectivity index (χ1) is 18.8. The highest BCUT2D eigenvalue weighted by Crippen LogP contribution is 2.44. The van der Waals surface area contributed by atoms with Gasteiger partial charge in [-0.2, -0.15) is 0 Å². The van der Waals surface area contributed by atoms with Crippen molar-refractivity contribution in [2.75, 3.05) is 23.9 Å². The lowest BCUT2D eigenvalue weighted by Gasteiger charge is -2.29. The standard InChI is InChI=1S/C31H33N5O2S/c1-19-9-8-10-23(15-19)35-21(3)17-25(22(35)4)30-29(27-11-6-7-14-32-27)34-31(39)36(30)24-12-13-26(20(2)16-24)33-28(37)18-38-5/h6-17,29-30H,18H2,1-5H3,(H,33,37)(H,34,39)/t29-,30-/m0/s1. The third-order valence-electron chi connectivity index (χ3n) is 7.18. The first-order valence-electron chi connectivity index (χ1n) is 12.9. The molecule has 1 aliphatic rings. The molecule has 2 atom stereocenters. The number of ether oxygens (including phenoxy) is 1. The molecule has 0 saturated carbocycles. The lowest BCUT2D eigenvalue weighted by molar-refractivity contribution is -0.119. The maximum atomic E-state index is 12.1. The molecule has 0 aliphatic carbocycles. The molecule has 39 heavy (non-hydrogen) atoms. The van der Waals surface area contributed by atoms with Crippen LogP contribution in [-0.2, 0) is 9.53 Å². The van der Waals surface area contributed by atoms with Crippen LogP contribution in [0.2, 0.25) is 0 Å². The molecule has 2 N–H and O–H groups in total. The molecule has 3 heterocycles. The van der Waals surface area contributed by atoms with Crippen LogP contribution in [0.3, 0.4) is 0 Å². The number of rotatable bonds is 7. The van der Waals surface area contributed by atoms with Gasteiger partial charge in [-0.3, -0.25) is 9.78 Å². The van der Waals surface area contributed by atoms with E-state index in [2.05, 4.69) is 77.3 Å². The number of thiocarbonyl (C=S) groups is 1. The van der Waals surface area contributed by atoms with Crippen molar-refractivity contribution in [3.63, 3.8) is 0 Å². The van der Waals surface area contributed by atoms with Crippen molar-refractivity contribution < 1.29 is 9.53 Å². The van der Waals surface area contributed by atoms with Gasteiger partial charge in [0.25, 0.3) is 0 Å². The summed E-state index contributed by atoms with van der Waals surface area (Å²) in [7, 11) is 1.50. The van der Waals surface area contributed by atoms with Gasteiger partial charge in [0.05, 0.1) is 17.8 Å². The Hall–Kier alpha value is -4.01. The minimum atomic E-state index is -0.191. The number of methoxy groups -OCH3 is 1. The van der Waals surface area contributed by atoms with Crippen molar-refractivity contribution in [2.24, 2.45) is 0 Å². The summed E-state index contributed by atoms with van der Waals surface area (Å²) in [5.41, 5.74) is 9.38. The van der Waals surface area contributed by atoms with Gasteiger partial charge in [0.15, 0.2) is 5.11 Å². The van der Waals surface area contributed by atoms with Gasteiger partial charge in [-0.1, -0.05) is 18.2 Å². The largest absolute Gasteiger partial charge is 0.375 e. The van der Waals surface area contributed by atoms with Crippen molar-refractivity contribution in [1.82, 2.24) is 14.9 Å². The van der Waals surface area contributed by atoms with E-state index in [9.17, 15) is 4.79 Å². The van der Waals surface area contributed by atoms with E-state index in [1.165, 1.54) is 18.2 Å². The van der Waals surface area contributed by atoms with E-state index >= 15 is 0 Å². The number of aryl methyl sites for hydroxylation is 3. The second-order valence-corrected chi connectivity index (χ2v) is 10.4. The Morgan fingerprint density at radius 1 is 1.03 bits per heavy atom. The first-order valence-corrected chi connectivity index (χ1v) is 13.3. The molecule has 7 nitrogen and oxygen atoms in total. The van der Waals surface area contributed by atoms with Crippen LogP contribution in [0.4, 0.5) is 11.4 Å². The van der Waals surface area contributed by atoms with Gasteiger partial charge < -0.3 is 24.8 Å². The number of hydrogen-bond donors (Lipinski definition) is 2. The third kappa shape index (κ3) is 5.17. The van der Waals surface area contributed by atoms with Crippen LogP contribution in [-0.4, -0.2) is 34.3 Å². The molecule has 1 saturated heterocycles. The molecule has 8 heteroatoms. The van der Waals surface area contributed by atoms with Gasteiger partial charge in [-0.15, -0.1) is 0 Å². The van der Waals surface area contributed by atoms with Gasteiger partial charge >= 0.3 is 0 Å². The van der Waals surface area contributed by atoms with E-state index in [4.69, 9.17) is 21.9 Å². The Kier molecular flexibility index (Phi) is 7.50. The number of aromatic nitrogens is 2. The molecule has 0 radical (unpaired) electrons. The van der Waals surface area contributed by atoms with Crippen LogP contribution in [0.1, 0.15) is 45.9 Å². The SMILES string of the molecule is COCC(=O)Nc1ccc(N2C(=S)N[C@@H](c3ccccn3)[C@@H]2c2cc(C)n(-c3cccc(C)c3)c2C)cc1C. The highest BCUT2D eigenvalue weighted by Gasteiger charge is 2.42. The summed E-state index contributed by atoms with van der Waals surface area (Å²) in [6.45, 7) is 8.40. The van der Waals surface area contributed by atoms with Crippen molar-refractivity contribution in [3.05, 3.63) is 107 Å². The van der Waals surface area contributed by atoms with Gasteiger partial charge in [-0.25, -0.2) is 0 Å². The number of carbonyl (C=O) groups is 1. The molecular weight excluding hydrogens is 506 g/mol. The van der Waals surface area contributed by atoms with Crippen LogP contribution in [0.15, 0.2) is 72.9 Å². The van der Waals surface area contributed by atoms with Gasteiger partial charge in [0.2, 0.25) is 5.91 Å². The molecule has 1 fully saturated rings. The Morgan fingerprint density at radius 3 is 2.54 bits per heavy atom. The zero-order chi connectivity index (χ0) is 27.7. The monoisotopic (exact) mass is 539 g/mol. The number of nitrogens with zero attached hydrogens (tertiary/aromatic N) is 3. The fraction of sp³-hybridized carbons (Fsp3) is 0.258. The lowest BCUT2D eigenvalue weighted by atomic mass is 9.96. The molecule has 2 aromatic carbocycles. The predicted octanol–water partition coefficient (Wildman–Crippen LogP) is 5.87. The number of anilines is 2. The average molecular weight is 540 g/mol. The van der Waals surface area contributed by atoms with Crippen molar-refractivity contribution in [2.45, 2.75) is 39.8 Å². The molecular formula is C31H33N5O2S. The van der Waals surface area contributed by atoms with Crippen LogP contribution < -0.4 is 15.5 Å². The highest BCUT2D eigenvalue weighted by molar-refractivity contribution is 7.80. The van der Waals surface area contributed by atoms with Crippen LogP contribution in [0, 0.1) is 27.7 Å². The van der Waals surface area contributed by atoms with E-state index < -0.39 is 0 Å². The fourth-order valence-corrected chi connectivity index (χ4v) is 5.80. The Labute approximate surface area is 234 Å². The zero-order valence-electron chi connectivity index (χ0n) is 22.9. The van der Waals surface area contributed by atoms with Gasteiger partial charge in [0, 0.05) is 41.8 Å². The Bertz CT molecular complexity index is 1530. The third-order valence-corrected chi connectivity index (χ3v) is 7.50. The van der Waals surface area contributed by atoms with Crippen molar-refractivity contribution in [3.8, 4) is 5.69 Å². The van der Waals surface area contributed by atoms with E-state index in [1.54, 1.807) is 0 Å². The summed E-state index contributed by atoms with van der Waals surface area (Å²) in [4.78, 5) is 19.0. The quantitative estimate of drug-likeness (QED) is 0.286. The molecule has 0 spiro atoms. The molecule has 1 amide bonds. The maximum Gasteiger partial charge on any atom is 0.250 e. The minimum Gasteiger partial charge on any atom is -0.375 e. The van der Waals surface area contributed by atoms with Gasteiger partial charge in [-0.05, 0) is 105 Å². The first kappa shape index (κ1) is 26.6. The van der Waals surface area contributed by atoms with Crippen LogP contribution in [0.5, 0.6) is 0 Å². The second-order valence-electron chi connectivity index (χ2n) is 9.98. The number of hydrogen-bond acceptors (Lipinski definition) is 4. The number of amides is 1. The summed E-state index contributed by atoms with van der Waals surface area (Å²) in [6.07, 6.45) is 1.82. The number of benzene rings is 2. The summed E-state index contributed by atoms with van der Waals surface area (Å²) in [5.74, 6) is -0.191. The Balaban J connectivity index is 1.61. The smallest absolute Gasteiger partial charge is 0.250 e. The molecule has 1 aliphatic heterocycles. The number of nitrogens with one attached hydrogen (secondary N) is 2. The van der Waals surface area contributed by atoms with E-state index in [0.717, 1.165) is 39.7 Å². The molecule has 0 bridgehead atoms. The van der Waals surface area contributed by atoms with Crippen LogP contribution >= 0.6 is 12.2 Å². The predicted molar refractivity (Wildman–Crippen MR) is 160 cm³/mol. The van der Waals surface area contributed by atoms with Gasteiger partial charge in [0.1, 0.15) is 6.61 Å². The second kappa shape index (κ2) is 11.0. The fourth-order valence-electron chi connectivity index (χ4n) is 5.46. The molecule has 0 unspecified atom stereocenters. The summed E-state index contributed by atoms with van der Waals surface area (Å²) in [6, 6.07) is 22.5. The molecule has 200 valence electrons. The summed E-state index contributed by atoms with van der Waals surface area (Å²) in [5, 5.41) is 7.10. The van der Waals surface area contributed by atoms with E-state index in [-0.39, 0.29) is 24.6 Å². The van der Waals surface area contributed by atoms with Crippen molar-refractivity contribution >= 4 is 34.6 Å². The highest BCUT2D eigenvalue weighted by atomic mass is 32.1. The summed E-state index contributed by atoms with van der Waals surface area (Å²) < 4.78 is 7.26. The van der Waals surface area contributed by atoms with E-state index in [1.807, 2.05) is 43.5 Å². The zero-order valence-corrected chi connectivity index (χ0v) is 23.7. The van der Waals surface area contributed by atoms with E-state index in [0.29, 0.717) is 5.11 Å². The van der Waals surface area contributed by atoms with Crippen LogP contribution in [0.25, 0.3) is 5.69 Å². The Morgan fingerprint density at radius 2 is 1.85 bits per heavy atom. The minimum absolute atomic E-state index is 0.00566. The maximum absolute atomic E-state index is 12.1. The average Bonchev–Trinajstić information content (AvgIpc) is 3.40. The van der Waals surface area contributed by atoms with Crippen molar-refractivity contribution in [1.29, 1.82) is 0 Å². The topological polar surface area (TPSA) is 71.4 Å². The number of carbonyl (C=O) groups excluding carboxylic acids is 1.